The monoisotopic (exact) mass is 405 g/mol. The molecule has 3 rings (SSSR count). The quantitative estimate of drug-likeness (QED) is 0.498. The van der Waals surface area contributed by atoms with Crippen LogP contribution in [0.2, 0.25) is 39.3 Å². The first-order valence-corrected chi connectivity index (χ1v) is 17.5. The molecule has 0 atom stereocenters. The largest absolute Gasteiger partial charge is 0.0776 e. The third kappa shape index (κ3) is 4.13. The molecule has 2 aromatic rings. The fraction of sp³-hybridized carbons (Fsp3) is 0.423. The average molecular weight is 406 g/mol. The van der Waals surface area contributed by atoms with Crippen molar-refractivity contribution in [3.63, 3.8) is 0 Å². The van der Waals surface area contributed by atoms with Crippen molar-refractivity contribution in [1.29, 1.82) is 0 Å². The lowest BCUT2D eigenvalue weighted by molar-refractivity contribution is 0.592. The summed E-state index contributed by atoms with van der Waals surface area (Å²) in [6.07, 6.45) is 4.71. The lowest BCUT2D eigenvalue weighted by atomic mass is 9.79. The summed E-state index contributed by atoms with van der Waals surface area (Å²) >= 11 is 0. The first kappa shape index (κ1) is 21.3. The molecule has 2 heteroatoms. The van der Waals surface area contributed by atoms with Gasteiger partial charge in [0.2, 0.25) is 0 Å². The van der Waals surface area contributed by atoms with E-state index >= 15 is 0 Å². The molecule has 0 aromatic heterocycles. The third-order valence-corrected chi connectivity index (χ3v) is 9.84. The van der Waals surface area contributed by atoms with Gasteiger partial charge in [-0.05, 0) is 40.2 Å². The topological polar surface area (TPSA) is 0 Å². The lowest BCUT2D eigenvalue weighted by Crippen LogP contribution is -2.45. The number of hydrogen-bond acceptors (Lipinski definition) is 0. The molecular weight excluding hydrogens is 368 g/mol. The van der Waals surface area contributed by atoms with E-state index in [-0.39, 0.29) is 5.41 Å². The molecule has 1 radical (unpaired) electrons. The van der Waals surface area contributed by atoms with Crippen LogP contribution in [0.5, 0.6) is 0 Å². The minimum atomic E-state index is -1.41. The van der Waals surface area contributed by atoms with Gasteiger partial charge < -0.3 is 0 Å². The van der Waals surface area contributed by atoms with Crippen LogP contribution in [0, 0.1) is 6.42 Å². The van der Waals surface area contributed by atoms with E-state index in [2.05, 4.69) is 110 Å². The van der Waals surface area contributed by atoms with Gasteiger partial charge in [0.05, 0.1) is 16.1 Å². The van der Waals surface area contributed by atoms with Gasteiger partial charge in [0.15, 0.2) is 0 Å². The highest BCUT2D eigenvalue weighted by molar-refractivity contribution is 6.91. The van der Waals surface area contributed by atoms with Crippen LogP contribution in [-0.2, 0) is 5.41 Å². The normalized spacial score (nSPS) is 14.9. The zero-order valence-electron chi connectivity index (χ0n) is 19.5. The van der Waals surface area contributed by atoms with Crippen molar-refractivity contribution in [2.45, 2.75) is 72.4 Å². The summed E-state index contributed by atoms with van der Waals surface area (Å²) in [5.41, 5.74) is 8.60. The molecule has 0 aliphatic heterocycles. The highest BCUT2D eigenvalue weighted by Crippen LogP contribution is 2.41. The van der Waals surface area contributed by atoms with Crippen molar-refractivity contribution in [3.05, 3.63) is 59.0 Å². The lowest BCUT2D eigenvalue weighted by Gasteiger charge is -2.28. The van der Waals surface area contributed by atoms with E-state index in [1.165, 1.54) is 33.4 Å². The maximum atomic E-state index is 2.54. The van der Waals surface area contributed by atoms with Crippen LogP contribution in [0.1, 0.15) is 44.4 Å². The van der Waals surface area contributed by atoms with Crippen LogP contribution in [0.25, 0.3) is 17.2 Å². The Morgan fingerprint density at radius 2 is 1.29 bits per heavy atom. The number of hydrogen-bond donors (Lipinski definition) is 0. The Hall–Kier alpha value is -1.39. The van der Waals surface area contributed by atoms with Crippen molar-refractivity contribution in [2.24, 2.45) is 0 Å². The van der Waals surface area contributed by atoms with E-state index in [1.54, 1.807) is 10.4 Å². The highest BCUT2D eigenvalue weighted by Gasteiger charge is 2.28. The Morgan fingerprint density at radius 3 is 1.75 bits per heavy atom. The van der Waals surface area contributed by atoms with E-state index in [4.69, 9.17) is 0 Å². The summed E-state index contributed by atoms with van der Waals surface area (Å²) in [6.45, 7) is 24.1. The van der Waals surface area contributed by atoms with Crippen molar-refractivity contribution in [3.8, 4) is 11.1 Å². The van der Waals surface area contributed by atoms with Crippen molar-refractivity contribution in [1.82, 2.24) is 0 Å². The SMILES string of the molecule is CC1=Cc2c(ccc(C(C)(C)C)c2-c2cc([Si](C)(C)C)cc([Si](C)(C)C)c2)[CH]1. The molecule has 28 heavy (non-hydrogen) atoms. The van der Waals surface area contributed by atoms with Crippen LogP contribution < -0.4 is 10.4 Å². The number of rotatable bonds is 3. The molecule has 0 saturated carbocycles. The van der Waals surface area contributed by atoms with Crippen molar-refractivity contribution < 1.29 is 0 Å². The van der Waals surface area contributed by atoms with Gasteiger partial charge in [-0.3, -0.25) is 0 Å². The molecule has 0 N–H and O–H groups in total. The zero-order chi connectivity index (χ0) is 21.1. The minimum Gasteiger partial charge on any atom is -0.0656 e. The smallest absolute Gasteiger partial charge is 0.0656 e. The van der Waals surface area contributed by atoms with Gasteiger partial charge in [0.25, 0.3) is 0 Å². The van der Waals surface area contributed by atoms with E-state index in [0.29, 0.717) is 0 Å². The number of fused-ring (bicyclic) bond motifs is 1. The predicted octanol–water partition coefficient (Wildman–Crippen LogP) is 6.71. The fourth-order valence-corrected chi connectivity index (χ4v) is 6.50. The molecule has 0 spiro atoms. The van der Waals surface area contributed by atoms with Gasteiger partial charge in [-0.1, -0.05) is 112 Å². The standard InChI is InChI=1S/C26H37Si2/c1-18-13-19-11-12-24(26(2,3)4)25(23(19)14-18)20-15-21(27(5,6)7)17-22(16-20)28(8,9)10/h11-17H,1-10H3. The van der Waals surface area contributed by atoms with Gasteiger partial charge in [-0.2, -0.15) is 0 Å². The van der Waals surface area contributed by atoms with E-state index in [0.717, 1.165) is 0 Å². The van der Waals surface area contributed by atoms with E-state index in [1.807, 2.05) is 0 Å². The molecule has 0 amide bonds. The van der Waals surface area contributed by atoms with Crippen LogP contribution in [0.15, 0.2) is 35.9 Å². The predicted molar refractivity (Wildman–Crippen MR) is 134 cm³/mol. The summed E-state index contributed by atoms with van der Waals surface area (Å²) in [5, 5.41) is 3.17. The van der Waals surface area contributed by atoms with Crippen LogP contribution in [-0.4, -0.2) is 16.1 Å². The second-order valence-electron chi connectivity index (χ2n) is 11.6. The Kier molecular flexibility index (Phi) is 5.21. The molecule has 2 aromatic carbocycles. The molecular formula is C26H37Si2. The molecule has 0 saturated heterocycles. The molecule has 0 heterocycles. The highest BCUT2D eigenvalue weighted by atomic mass is 28.3. The van der Waals surface area contributed by atoms with Gasteiger partial charge in [0, 0.05) is 6.42 Å². The molecule has 0 nitrogen and oxygen atoms in total. The fourth-order valence-electron chi connectivity index (χ4n) is 4.01. The maximum absolute atomic E-state index is 2.54. The van der Waals surface area contributed by atoms with Gasteiger partial charge in [-0.25, -0.2) is 0 Å². The second-order valence-corrected chi connectivity index (χ2v) is 21.7. The molecule has 0 unspecified atom stereocenters. The molecule has 1 aliphatic rings. The van der Waals surface area contributed by atoms with Crippen molar-refractivity contribution in [2.75, 3.05) is 0 Å². The summed E-state index contributed by atoms with van der Waals surface area (Å²) in [4.78, 5) is 0. The first-order chi connectivity index (χ1) is 12.7. The number of allylic oxidation sites excluding steroid dienone is 1. The Balaban J connectivity index is 2.40. The zero-order valence-corrected chi connectivity index (χ0v) is 21.5. The maximum Gasteiger partial charge on any atom is 0.0776 e. The third-order valence-electron chi connectivity index (χ3n) is 5.80. The molecule has 0 fully saturated rings. The van der Waals surface area contributed by atoms with Gasteiger partial charge in [-0.15, -0.1) is 0 Å². The first-order valence-electron chi connectivity index (χ1n) is 10.5. The molecule has 149 valence electrons. The summed E-state index contributed by atoms with van der Waals surface area (Å²) in [5.74, 6) is 0. The Bertz CT molecular complexity index is 910. The summed E-state index contributed by atoms with van der Waals surface area (Å²) in [6, 6.07) is 12.3. The van der Waals surface area contributed by atoms with Crippen LogP contribution >= 0.6 is 0 Å². The minimum absolute atomic E-state index is 0.114. The number of benzene rings is 2. The summed E-state index contributed by atoms with van der Waals surface area (Å²) in [7, 11) is -2.82. The van der Waals surface area contributed by atoms with Crippen LogP contribution in [0.3, 0.4) is 0 Å². The Morgan fingerprint density at radius 1 is 0.750 bits per heavy atom. The van der Waals surface area contributed by atoms with Gasteiger partial charge >= 0.3 is 0 Å². The van der Waals surface area contributed by atoms with E-state index in [9.17, 15) is 0 Å². The van der Waals surface area contributed by atoms with E-state index < -0.39 is 16.1 Å². The van der Waals surface area contributed by atoms with Crippen LogP contribution in [0.4, 0.5) is 0 Å². The van der Waals surface area contributed by atoms with Crippen molar-refractivity contribution >= 4 is 32.6 Å². The summed E-state index contributed by atoms with van der Waals surface area (Å²) < 4.78 is 0. The Labute approximate surface area is 175 Å². The van der Waals surface area contributed by atoms with Gasteiger partial charge in [0.1, 0.15) is 0 Å². The average Bonchev–Trinajstić information content (AvgIpc) is 2.91. The second kappa shape index (κ2) is 6.84. The molecule has 1 aliphatic carbocycles. The molecule has 0 bridgehead atoms.